The fourth-order valence-electron chi connectivity index (χ4n) is 0.688. The van der Waals surface area contributed by atoms with Crippen LogP contribution in [0.5, 0.6) is 0 Å². The highest BCUT2D eigenvalue weighted by molar-refractivity contribution is 7.09. The molecule has 0 aliphatic carbocycles. The van der Waals surface area contributed by atoms with Crippen LogP contribution in [0, 0.1) is 6.92 Å². The third kappa shape index (κ3) is 1.50. The van der Waals surface area contributed by atoms with E-state index < -0.39 is 17.4 Å². The van der Waals surface area contributed by atoms with Crippen molar-refractivity contribution in [3.8, 4) is 0 Å². The van der Waals surface area contributed by atoms with E-state index in [0.29, 0.717) is 5.01 Å². The molecule has 0 radical (unpaired) electrons. The number of halogens is 2. The van der Waals surface area contributed by atoms with Gasteiger partial charge in [0.25, 0.3) is 0 Å². The molecule has 0 aromatic carbocycles. The van der Waals surface area contributed by atoms with E-state index in [1.165, 1.54) is 5.38 Å². The van der Waals surface area contributed by atoms with Crippen molar-refractivity contribution in [2.45, 2.75) is 19.8 Å². The number of carbonyl (C=O) groups is 1. The molecule has 0 fully saturated rings. The number of carbonyl (C=O) groups excluding carboxylic acids is 1. The molecule has 0 bridgehead atoms. The number of rotatable bonds is 2. The summed E-state index contributed by atoms with van der Waals surface area (Å²) in [4.78, 5) is 14.0. The molecule has 0 atom stereocenters. The van der Waals surface area contributed by atoms with Crippen molar-refractivity contribution < 1.29 is 13.6 Å². The molecule has 0 unspecified atom stereocenters. The van der Waals surface area contributed by atoms with Gasteiger partial charge in [0.1, 0.15) is 5.69 Å². The van der Waals surface area contributed by atoms with Crippen LogP contribution >= 0.6 is 11.3 Å². The molecule has 0 aliphatic heterocycles. The number of hydrogen-bond donors (Lipinski definition) is 0. The minimum atomic E-state index is -3.43. The summed E-state index contributed by atoms with van der Waals surface area (Å²) < 4.78 is 25.8. The topological polar surface area (TPSA) is 30.0 Å². The zero-order valence-corrected chi connectivity index (χ0v) is 7.41. The van der Waals surface area contributed by atoms with Gasteiger partial charge in [-0.15, -0.1) is 11.3 Å². The SMILES string of the molecule is CC(=O)C(F)(F)c1csc(C)n1. The summed E-state index contributed by atoms with van der Waals surface area (Å²) in [6.45, 7) is 2.47. The Bertz CT molecular complexity index is 308. The quantitative estimate of drug-likeness (QED) is 0.716. The highest BCUT2D eigenvalue weighted by Gasteiger charge is 2.39. The summed E-state index contributed by atoms with van der Waals surface area (Å²) >= 11 is 1.11. The molecule has 0 amide bonds. The lowest BCUT2D eigenvalue weighted by Gasteiger charge is -2.08. The first-order valence-corrected chi connectivity index (χ1v) is 4.14. The first-order valence-electron chi connectivity index (χ1n) is 3.26. The lowest BCUT2D eigenvalue weighted by Crippen LogP contribution is -2.23. The largest absolute Gasteiger partial charge is 0.347 e. The van der Waals surface area contributed by atoms with Gasteiger partial charge in [0, 0.05) is 12.3 Å². The van der Waals surface area contributed by atoms with E-state index in [0.717, 1.165) is 18.3 Å². The predicted molar refractivity (Wildman–Crippen MR) is 41.4 cm³/mol. The normalized spacial score (nSPS) is 11.7. The van der Waals surface area contributed by atoms with Gasteiger partial charge in [0.05, 0.1) is 5.01 Å². The van der Waals surface area contributed by atoms with Crippen LogP contribution in [-0.4, -0.2) is 10.8 Å². The summed E-state index contributed by atoms with van der Waals surface area (Å²) in [5.74, 6) is -4.60. The van der Waals surface area contributed by atoms with E-state index in [2.05, 4.69) is 4.98 Å². The maximum absolute atomic E-state index is 12.9. The molecule has 0 saturated heterocycles. The molecule has 2 nitrogen and oxygen atoms in total. The number of aromatic nitrogens is 1. The Kier molecular flexibility index (Phi) is 2.23. The molecule has 5 heteroatoms. The predicted octanol–water partition coefficient (Wildman–Crippen LogP) is 2.13. The van der Waals surface area contributed by atoms with E-state index in [9.17, 15) is 13.6 Å². The van der Waals surface area contributed by atoms with E-state index in [1.54, 1.807) is 6.92 Å². The van der Waals surface area contributed by atoms with Gasteiger partial charge >= 0.3 is 5.92 Å². The number of thiazole rings is 1. The maximum atomic E-state index is 12.9. The molecule has 0 N–H and O–H groups in total. The third-order valence-corrected chi connectivity index (χ3v) is 2.16. The van der Waals surface area contributed by atoms with Crippen molar-refractivity contribution in [3.63, 3.8) is 0 Å². The highest BCUT2D eigenvalue weighted by atomic mass is 32.1. The van der Waals surface area contributed by atoms with E-state index in [1.807, 2.05) is 0 Å². The van der Waals surface area contributed by atoms with Gasteiger partial charge in [-0.1, -0.05) is 0 Å². The van der Waals surface area contributed by atoms with Crippen LogP contribution in [-0.2, 0) is 10.7 Å². The van der Waals surface area contributed by atoms with Crippen LogP contribution in [0.1, 0.15) is 17.6 Å². The van der Waals surface area contributed by atoms with Crippen molar-refractivity contribution in [1.82, 2.24) is 4.98 Å². The zero-order valence-electron chi connectivity index (χ0n) is 6.60. The maximum Gasteiger partial charge on any atom is 0.347 e. The van der Waals surface area contributed by atoms with Gasteiger partial charge in [-0.3, -0.25) is 4.79 Å². The molecular formula is C7H7F2NOS. The average molecular weight is 191 g/mol. The van der Waals surface area contributed by atoms with Crippen molar-refractivity contribution in [1.29, 1.82) is 0 Å². The van der Waals surface area contributed by atoms with E-state index >= 15 is 0 Å². The second-order valence-corrected chi connectivity index (χ2v) is 3.44. The summed E-state index contributed by atoms with van der Waals surface area (Å²) in [5.41, 5.74) is -0.447. The number of nitrogens with zero attached hydrogens (tertiary/aromatic N) is 1. The Balaban J connectivity index is 3.05. The third-order valence-electron chi connectivity index (χ3n) is 1.38. The number of ketones is 1. The van der Waals surface area contributed by atoms with E-state index in [-0.39, 0.29) is 0 Å². The summed E-state index contributed by atoms with van der Waals surface area (Å²) in [5, 5.41) is 1.74. The minimum Gasteiger partial charge on any atom is -0.293 e. The van der Waals surface area contributed by atoms with Gasteiger partial charge in [-0.2, -0.15) is 8.78 Å². The first kappa shape index (κ1) is 9.25. The van der Waals surface area contributed by atoms with E-state index in [4.69, 9.17) is 0 Å². The fourth-order valence-corrected chi connectivity index (χ4v) is 1.32. The smallest absolute Gasteiger partial charge is 0.293 e. The molecule has 1 rings (SSSR count). The highest BCUT2D eigenvalue weighted by Crippen LogP contribution is 2.29. The molecule has 12 heavy (non-hydrogen) atoms. The Morgan fingerprint density at radius 3 is 2.58 bits per heavy atom. The average Bonchev–Trinajstić information content (AvgIpc) is 2.35. The fraction of sp³-hybridized carbons (Fsp3) is 0.429. The van der Waals surface area contributed by atoms with Gasteiger partial charge in [-0.05, 0) is 6.92 Å². The van der Waals surface area contributed by atoms with Gasteiger partial charge < -0.3 is 0 Å². The van der Waals surface area contributed by atoms with Crippen molar-refractivity contribution in [3.05, 3.63) is 16.1 Å². The van der Waals surface area contributed by atoms with Crippen LogP contribution in [0.4, 0.5) is 8.78 Å². The standard InChI is InChI=1S/C7H7F2NOS/c1-4(11)7(8,9)6-3-12-5(2)10-6/h3H,1-2H3. The zero-order chi connectivity index (χ0) is 9.35. The van der Waals surface area contributed by atoms with Crippen LogP contribution in [0.3, 0.4) is 0 Å². The van der Waals surface area contributed by atoms with Crippen LogP contribution in [0.25, 0.3) is 0 Å². The Morgan fingerprint density at radius 2 is 2.25 bits per heavy atom. The van der Waals surface area contributed by atoms with Crippen LogP contribution in [0.2, 0.25) is 0 Å². The lowest BCUT2D eigenvalue weighted by molar-refractivity contribution is -0.142. The van der Waals surface area contributed by atoms with Gasteiger partial charge in [0.15, 0.2) is 0 Å². The van der Waals surface area contributed by atoms with Crippen molar-refractivity contribution in [2.75, 3.05) is 0 Å². The summed E-state index contributed by atoms with van der Waals surface area (Å²) in [6.07, 6.45) is 0. The number of alkyl halides is 2. The van der Waals surface area contributed by atoms with Crippen LogP contribution in [0.15, 0.2) is 5.38 Å². The Hall–Kier alpha value is -0.840. The Morgan fingerprint density at radius 1 is 1.67 bits per heavy atom. The minimum absolute atomic E-state index is 0.447. The van der Waals surface area contributed by atoms with Crippen molar-refractivity contribution >= 4 is 17.1 Å². The van der Waals surface area contributed by atoms with Gasteiger partial charge in [0.2, 0.25) is 5.78 Å². The molecule has 1 aromatic rings. The van der Waals surface area contributed by atoms with Crippen molar-refractivity contribution in [2.24, 2.45) is 0 Å². The van der Waals surface area contributed by atoms with Crippen LogP contribution < -0.4 is 0 Å². The molecule has 0 saturated carbocycles. The summed E-state index contributed by atoms with van der Waals surface area (Å²) in [6, 6.07) is 0. The molecule has 1 aromatic heterocycles. The molecular weight excluding hydrogens is 184 g/mol. The summed E-state index contributed by atoms with van der Waals surface area (Å²) in [7, 11) is 0. The first-order chi connectivity index (χ1) is 5.44. The molecule has 0 spiro atoms. The van der Waals surface area contributed by atoms with Gasteiger partial charge in [-0.25, -0.2) is 4.98 Å². The Labute approximate surface area is 72.2 Å². The monoisotopic (exact) mass is 191 g/mol. The second kappa shape index (κ2) is 2.90. The lowest BCUT2D eigenvalue weighted by atomic mass is 10.2. The number of Topliss-reactive ketones (excluding diaryl/α,β-unsaturated/α-hetero) is 1. The second-order valence-electron chi connectivity index (χ2n) is 2.38. The molecule has 0 aliphatic rings. The molecule has 66 valence electrons. The molecule has 1 heterocycles. The number of hydrogen-bond acceptors (Lipinski definition) is 3. The number of aryl methyl sites for hydroxylation is 1.